The molecule has 2 fully saturated rings. The molecular weight excluding hydrogens is 420 g/mol. The Hall–Kier alpha value is -2.55. The van der Waals surface area contributed by atoms with Crippen LogP contribution in [-0.4, -0.2) is 55.5 Å². The Morgan fingerprint density at radius 3 is 2.41 bits per heavy atom. The molecule has 2 aliphatic heterocycles. The van der Waals surface area contributed by atoms with E-state index in [-0.39, 0.29) is 42.6 Å². The number of hydrogen-bond donors (Lipinski definition) is 2. The number of ether oxygens (including phenoxy) is 1. The van der Waals surface area contributed by atoms with Gasteiger partial charge < -0.3 is 20.3 Å². The lowest BCUT2D eigenvalue weighted by atomic mass is 9.95. The standard InChI is InChI=1S/C23H31F2N3O4/c1-28-14-20(27-23(31)16-5-7-32-8-6-16)4-2-3-17(11-21(28)29)22(30)26-13-15-9-18(24)12-19(25)10-15/h9-10,12,16-17,20H,2-8,11,13-14H2,1H3,(H,26,30)(H,27,31). The molecular formula is C23H31F2N3O4. The van der Waals surface area contributed by atoms with Gasteiger partial charge in [0.1, 0.15) is 11.6 Å². The topological polar surface area (TPSA) is 87.7 Å². The Morgan fingerprint density at radius 2 is 1.72 bits per heavy atom. The van der Waals surface area contributed by atoms with Crippen LogP contribution in [0.1, 0.15) is 44.1 Å². The summed E-state index contributed by atoms with van der Waals surface area (Å²) in [6, 6.07) is 2.93. The largest absolute Gasteiger partial charge is 0.381 e. The number of nitrogens with one attached hydrogen (secondary N) is 2. The smallest absolute Gasteiger partial charge is 0.223 e. The van der Waals surface area contributed by atoms with Crippen molar-refractivity contribution in [1.29, 1.82) is 0 Å². The normalized spacial score (nSPS) is 23.1. The molecule has 9 heteroatoms. The molecule has 0 spiro atoms. The van der Waals surface area contributed by atoms with Gasteiger partial charge in [0, 0.05) is 63.7 Å². The van der Waals surface area contributed by atoms with Gasteiger partial charge in [0.2, 0.25) is 17.7 Å². The maximum absolute atomic E-state index is 13.4. The van der Waals surface area contributed by atoms with Gasteiger partial charge in [-0.05, 0) is 43.4 Å². The first kappa shape index (κ1) is 24.1. The van der Waals surface area contributed by atoms with Gasteiger partial charge in [-0.25, -0.2) is 8.78 Å². The first-order valence-corrected chi connectivity index (χ1v) is 11.2. The molecule has 0 aromatic heterocycles. The summed E-state index contributed by atoms with van der Waals surface area (Å²) < 4.78 is 32.0. The number of likely N-dealkylation sites (N-methyl/N-ethyl adjacent to an activating group) is 1. The van der Waals surface area contributed by atoms with Crippen LogP contribution in [0.15, 0.2) is 18.2 Å². The van der Waals surface area contributed by atoms with Gasteiger partial charge in [-0.1, -0.05) is 6.42 Å². The van der Waals surface area contributed by atoms with Crippen LogP contribution in [0.2, 0.25) is 0 Å². The highest BCUT2D eigenvalue weighted by atomic mass is 19.1. The summed E-state index contributed by atoms with van der Waals surface area (Å²) in [6.45, 7) is 1.54. The van der Waals surface area contributed by atoms with E-state index in [0.29, 0.717) is 57.4 Å². The molecule has 2 saturated heterocycles. The van der Waals surface area contributed by atoms with E-state index in [9.17, 15) is 23.2 Å². The molecule has 32 heavy (non-hydrogen) atoms. The van der Waals surface area contributed by atoms with Crippen molar-refractivity contribution in [1.82, 2.24) is 15.5 Å². The van der Waals surface area contributed by atoms with Gasteiger partial charge in [0.15, 0.2) is 0 Å². The van der Waals surface area contributed by atoms with Crippen LogP contribution < -0.4 is 10.6 Å². The molecule has 2 heterocycles. The van der Waals surface area contributed by atoms with Crippen molar-refractivity contribution in [2.45, 2.75) is 51.1 Å². The minimum Gasteiger partial charge on any atom is -0.381 e. The van der Waals surface area contributed by atoms with Crippen molar-refractivity contribution in [3.8, 4) is 0 Å². The minimum atomic E-state index is -0.706. The molecule has 1 aromatic carbocycles. The van der Waals surface area contributed by atoms with Gasteiger partial charge in [-0.15, -0.1) is 0 Å². The van der Waals surface area contributed by atoms with Crippen LogP contribution in [0.25, 0.3) is 0 Å². The number of hydrogen-bond acceptors (Lipinski definition) is 4. The van der Waals surface area contributed by atoms with Crippen LogP contribution >= 0.6 is 0 Å². The number of benzene rings is 1. The maximum atomic E-state index is 13.4. The highest BCUT2D eigenvalue weighted by Crippen LogP contribution is 2.20. The summed E-state index contributed by atoms with van der Waals surface area (Å²) in [5.74, 6) is -2.51. The summed E-state index contributed by atoms with van der Waals surface area (Å²) in [6.07, 6.45) is 3.28. The van der Waals surface area contributed by atoms with Crippen molar-refractivity contribution in [3.63, 3.8) is 0 Å². The highest BCUT2D eigenvalue weighted by Gasteiger charge is 2.29. The van der Waals surface area contributed by atoms with Gasteiger partial charge in [-0.2, -0.15) is 0 Å². The van der Waals surface area contributed by atoms with Crippen LogP contribution in [0.3, 0.4) is 0 Å². The third-order valence-electron chi connectivity index (χ3n) is 6.14. The fourth-order valence-corrected chi connectivity index (χ4v) is 4.27. The summed E-state index contributed by atoms with van der Waals surface area (Å²) in [5.41, 5.74) is 0.318. The zero-order chi connectivity index (χ0) is 23.1. The lowest BCUT2D eigenvalue weighted by Gasteiger charge is -2.27. The van der Waals surface area contributed by atoms with Crippen molar-refractivity contribution in [3.05, 3.63) is 35.4 Å². The lowest BCUT2D eigenvalue weighted by molar-refractivity contribution is -0.136. The van der Waals surface area contributed by atoms with E-state index in [1.54, 1.807) is 11.9 Å². The molecule has 2 atom stereocenters. The zero-order valence-electron chi connectivity index (χ0n) is 18.4. The third-order valence-corrected chi connectivity index (χ3v) is 6.14. The number of rotatable bonds is 5. The van der Waals surface area contributed by atoms with E-state index < -0.39 is 17.6 Å². The number of carbonyl (C=O) groups excluding carboxylic acids is 3. The lowest BCUT2D eigenvalue weighted by Crippen LogP contribution is -2.46. The SMILES string of the molecule is CN1CC(NC(=O)C2CCOCC2)CCCC(C(=O)NCc2cc(F)cc(F)c2)CC1=O. The predicted molar refractivity (Wildman–Crippen MR) is 113 cm³/mol. The van der Waals surface area contributed by atoms with E-state index in [2.05, 4.69) is 10.6 Å². The molecule has 2 aliphatic rings. The molecule has 1 aromatic rings. The van der Waals surface area contributed by atoms with Crippen molar-refractivity contribution in [2.75, 3.05) is 26.8 Å². The fraction of sp³-hybridized carbons (Fsp3) is 0.609. The Morgan fingerprint density at radius 1 is 1.03 bits per heavy atom. The molecule has 3 rings (SSSR count). The molecule has 0 radical (unpaired) electrons. The van der Waals surface area contributed by atoms with Crippen LogP contribution in [0.4, 0.5) is 8.78 Å². The average molecular weight is 452 g/mol. The molecule has 2 unspecified atom stereocenters. The molecule has 0 aliphatic carbocycles. The second-order valence-electron chi connectivity index (χ2n) is 8.69. The molecule has 7 nitrogen and oxygen atoms in total. The summed E-state index contributed by atoms with van der Waals surface area (Å²) in [7, 11) is 1.67. The molecule has 2 N–H and O–H groups in total. The van der Waals surface area contributed by atoms with Gasteiger partial charge >= 0.3 is 0 Å². The van der Waals surface area contributed by atoms with Crippen molar-refractivity contribution >= 4 is 17.7 Å². The fourth-order valence-electron chi connectivity index (χ4n) is 4.27. The first-order valence-electron chi connectivity index (χ1n) is 11.2. The molecule has 176 valence electrons. The third kappa shape index (κ3) is 6.98. The van der Waals surface area contributed by atoms with E-state index in [0.717, 1.165) is 18.2 Å². The highest BCUT2D eigenvalue weighted by molar-refractivity contribution is 5.86. The van der Waals surface area contributed by atoms with E-state index >= 15 is 0 Å². The second-order valence-corrected chi connectivity index (χ2v) is 8.69. The van der Waals surface area contributed by atoms with Crippen LogP contribution in [-0.2, 0) is 25.7 Å². The van der Waals surface area contributed by atoms with Crippen LogP contribution in [0, 0.1) is 23.5 Å². The summed E-state index contributed by atoms with van der Waals surface area (Å²) >= 11 is 0. The average Bonchev–Trinajstić information content (AvgIpc) is 2.82. The summed E-state index contributed by atoms with van der Waals surface area (Å²) in [4.78, 5) is 39.5. The molecule has 0 bridgehead atoms. The Kier molecular flexibility index (Phi) is 8.55. The predicted octanol–water partition coefficient (Wildman–Crippen LogP) is 2.14. The minimum absolute atomic E-state index is 0.00462. The Balaban J connectivity index is 1.55. The number of halogens is 2. The molecule has 0 saturated carbocycles. The maximum Gasteiger partial charge on any atom is 0.223 e. The van der Waals surface area contributed by atoms with E-state index in [1.165, 1.54) is 0 Å². The zero-order valence-corrected chi connectivity index (χ0v) is 18.4. The van der Waals surface area contributed by atoms with Gasteiger partial charge in [-0.3, -0.25) is 14.4 Å². The van der Waals surface area contributed by atoms with Crippen molar-refractivity contribution in [2.24, 2.45) is 11.8 Å². The number of carbonyl (C=O) groups is 3. The van der Waals surface area contributed by atoms with Crippen LogP contribution in [0.5, 0.6) is 0 Å². The van der Waals surface area contributed by atoms with Gasteiger partial charge in [0.05, 0.1) is 0 Å². The summed E-state index contributed by atoms with van der Waals surface area (Å²) in [5, 5.41) is 5.77. The second kappa shape index (κ2) is 11.4. The quantitative estimate of drug-likeness (QED) is 0.718. The van der Waals surface area contributed by atoms with E-state index in [4.69, 9.17) is 4.74 Å². The van der Waals surface area contributed by atoms with Gasteiger partial charge in [0.25, 0.3) is 0 Å². The Labute approximate surface area is 186 Å². The first-order chi connectivity index (χ1) is 15.3. The monoisotopic (exact) mass is 451 g/mol. The number of nitrogens with zero attached hydrogens (tertiary/aromatic N) is 1. The molecule has 3 amide bonds. The van der Waals surface area contributed by atoms with Crippen molar-refractivity contribution < 1.29 is 27.9 Å². The Bertz CT molecular complexity index is 809. The number of amides is 3. The van der Waals surface area contributed by atoms with E-state index in [1.807, 2.05) is 0 Å².